The van der Waals surface area contributed by atoms with Crippen molar-refractivity contribution in [2.24, 2.45) is 0 Å². The molecule has 0 aliphatic heterocycles. The maximum atomic E-state index is 13.7. The highest BCUT2D eigenvalue weighted by atomic mass is 19.1. The standard InChI is InChI=1S/C16H15F2NO/c17-13-4-2-5-14(18)16(13)19-15-6-1-3-10-9-11(20)7-8-12(10)15/h2,4-5,7-9,15,19-20H,1,3,6H2. The summed E-state index contributed by atoms with van der Waals surface area (Å²) in [6.45, 7) is 0. The lowest BCUT2D eigenvalue weighted by atomic mass is 9.87. The van der Waals surface area contributed by atoms with E-state index in [4.69, 9.17) is 0 Å². The molecular formula is C16H15F2NO. The number of rotatable bonds is 2. The molecular weight excluding hydrogens is 260 g/mol. The topological polar surface area (TPSA) is 32.3 Å². The van der Waals surface area contributed by atoms with E-state index in [0.717, 1.165) is 30.4 Å². The van der Waals surface area contributed by atoms with Crippen LogP contribution < -0.4 is 5.32 Å². The van der Waals surface area contributed by atoms with Gasteiger partial charge in [0.25, 0.3) is 0 Å². The first-order chi connectivity index (χ1) is 9.65. The fraction of sp³-hybridized carbons (Fsp3) is 0.250. The fourth-order valence-electron chi connectivity index (χ4n) is 2.76. The highest BCUT2D eigenvalue weighted by Crippen LogP contribution is 2.35. The zero-order valence-electron chi connectivity index (χ0n) is 10.9. The Morgan fingerprint density at radius 2 is 1.85 bits per heavy atom. The third-order valence-electron chi connectivity index (χ3n) is 3.72. The van der Waals surface area contributed by atoms with E-state index in [0.29, 0.717) is 0 Å². The lowest BCUT2D eigenvalue weighted by Crippen LogP contribution is -2.18. The van der Waals surface area contributed by atoms with Crippen LogP contribution in [0.3, 0.4) is 0 Å². The Kier molecular flexibility index (Phi) is 3.30. The van der Waals surface area contributed by atoms with Gasteiger partial charge in [-0.3, -0.25) is 0 Å². The highest BCUT2D eigenvalue weighted by molar-refractivity contribution is 5.50. The Labute approximate surface area is 116 Å². The number of anilines is 1. The molecule has 1 aliphatic carbocycles. The number of nitrogens with one attached hydrogen (secondary N) is 1. The molecule has 0 spiro atoms. The van der Waals surface area contributed by atoms with Gasteiger partial charge in [-0.05, 0) is 54.7 Å². The molecule has 1 aliphatic rings. The van der Waals surface area contributed by atoms with Crippen molar-refractivity contribution >= 4 is 5.69 Å². The molecule has 1 atom stereocenters. The molecule has 0 amide bonds. The van der Waals surface area contributed by atoms with Crippen LogP contribution in [0.15, 0.2) is 36.4 Å². The number of para-hydroxylation sites is 1. The van der Waals surface area contributed by atoms with E-state index in [2.05, 4.69) is 5.32 Å². The molecule has 0 saturated carbocycles. The highest BCUT2D eigenvalue weighted by Gasteiger charge is 2.22. The molecule has 0 fully saturated rings. The van der Waals surface area contributed by atoms with Crippen LogP contribution in [0.2, 0.25) is 0 Å². The molecule has 4 heteroatoms. The molecule has 104 valence electrons. The summed E-state index contributed by atoms with van der Waals surface area (Å²) < 4.78 is 27.4. The molecule has 0 aromatic heterocycles. The van der Waals surface area contributed by atoms with Crippen LogP contribution in [0.5, 0.6) is 5.75 Å². The lowest BCUT2D eigenvalue weighted by molar-refractivity contribution is 0.472. The molecule has 2 aromatic carbocycles. The molecule has 1 unspecified atom stereocenters. The van der Waals surface area contributed by atoms with E-state index in [1.165, 1.54) is 18.2 Å². The van der Waals surface area contributed by atoms with Gasteiger partial charge in [0.15, 0.2) is 0 Å². The van der Waals surface area contributed by atoms with Gasteiger partial charge in [0.1, 0.15) is 23.1 Å². The van der Waals surface area contributed by atoms with E-state index in [1.807, 2.05) is 6.07 Å². The minimum absolute atomic E-state index is 0.0848. The van der Waals surface area contributed by atoms with Gasteiger partial charge in [0, 0.05) is 0 Å². The van der Waals surface area contributed by atoms with Crippen LogP contribution in [-0.4, -0.2) is 5.11 Å². The molecule has 2 nitrogen and oxygen atoms in total. The van der Waals surface area contributed by atoms with Gasteiger partial charge in [0.2, 0.25) is 0 Å². The van der Waals surface area contributed by atoms with Crippen molar-refractivity contribution in [1.82, 2.24) is 0 Å². The summed E-state index contributed by atoms with van der Waals surface area (Å²) in [5.41, 5.74) is 1.95. The van der Waals surface area contributed by atoms with Crippen molar-refractivity contribution in [1.29, 1.82) is 0 Å². The number of halogens is 2. The Morgan fingerprint density at radius 1 is 1.10 bits per heavy atom. The van der Waals surface area contributed by atoms with Crippen LogP contribution in [0.4, 0.5) is 14.5 Å². The normalized spacial score (nSPS) is 17.6. The fourth-order valence-corrected chi connectivity index (χ4v) is 2.76. The first-order valence-electron chi connectivity index (χ1n) is 6.67. The third kappa shape index (κ3) is 2.33. The van der Waals surface area contributed by atoms with Crippen molar-refractivity contribution in [3.05, 3.63) is 59.2 Å². The van der Waals surface area contributed by atoms with Gasteiger partial charge in [-0.1, -0.05) is 12.1 Å². The summed E-state index contributed by atoms with van der Waals surface area (Å²) in [6.07, 6.45) is 2.61. The van der Waals surface area contributed by atoms with Crippen LogP contribution in [0, 0.1) is 11.6 Å². The predicted octanol–water partition coefficient (Wildman–Crippen LogP) is 4.16. The average molecular weight is 275 g/mol. The number of aromatic hydroxyl groups is 1. The first-order valence-corrected chi connectivity index (χ1v) is 6.67. The lowest BCUT2D eigenvalue weighted by Gasteiger charge is -2.27. The second-order valence-electron chi connectivity index (χ2n) is 5.07. The van der Waals surface area contributed by atoms with Gasteiger partial charge in [-0.15, -0.1) is 0 Å². The molecule has 0 heterocycles. The smallest absolute Gasteiger partial charge is 0.149 e. The van der Waals surface area contributed by atoms with Crippen molar-refractivity contribution in [3.8, 4) is 5.75 Å². The summed E-state index contributed by atoms with van der Waals surface area (Å²) in [7, 11) is 0. The molecule has 2 N–H and O–H groups in total. The van der Waals surface area contributed by atoms with Gasteiger partial charge < -0.3 is 10.4 Å². The van der Waals surface area contributed by atoms with Crippen LogP contribution in [0.25, 0.3) is 0 Å². The van der Waals surface area contributed by atoms with Crippen molar-refractivity contribution in [2.75, 3.05) is 5.32 Å². The summed E-state index contributed by atoms with van der Waals surface area (Å²) in [5, 5.41) is 12.5. The first kappa shape index (κ1) is 12.9. The summed E-state index contributed by atoms with van der Waals surface area (Å²) in [6, 6.07) is 8.85. The number of benzene rings is 2. The van der Waals surface area contributed by atoms with Crippen molar-refractivity contribution < 1.29 is 13.9 Å². The van der Waals surface area contributed by atoms with Gasteiger partial charge in [0.05, 0.1) is 6.04 Å². The van der Waals surface area contributed by atoms with Gasteiger partial charge >= 0.3 is 0 Å². The van der Waals surface area contributed by atoms with Crippen molar-refractivity contribution in [3.63, 3.8) is 0 Å². The Morgan fingerprint density at radius 3 is 2.60 bits per heavy atom. The zero-order chi connectivity index (χ0) is 14.1. The average Bonchev–Trinajstić information content (AvgIpc) is 2.42. The molecule has 2 aromatic rings. The predicted molar refractivity (Wildman–Crippen MR) is 73.8 cm³/mol. The summed E-state index contributed by atoms with van der Waals surface area (Å²) >= 11 is 0. The second-order valence-corrected chi connectivity index (χ2v) is 5.07. The van der Waals surface area contributed by atoms with E-state index in [-0.39, 0.29) is 17.5 Å². The number of phenols is 1. The minimum atomic E-state index is -0.587. The van der Waals surface area contributed by atoms with E-state index in [9.17, 15) is 13.9 Å². The van der Waals surface area contributed by atoms with E-state index >= 15 is 0 Å². The maximum absolute atomic E-state index is 13.7. The van der Waals surface area contributed by atoms with E-state index in [1.54, 1.807) is 12.1 Å². The van der Waals surface area contributed by atoms with Crippen LogP contribution >= 0.6 is 0 Å². The molecule has 3 rings (SSSR count). The summed E-state index contributed by atoms with van der Waals surface area (Å²) in [4.78, 5) is 0. The quantitative estimate of drug-likeness (QED) is 0.862. The van der Waals surface area contributed by atoms with Crippen LogP contribution in [0.1, 0.15) is 30.0 Å². The molecule has 0 bridgehead atoms. The Hall–Kier alpha value is -2.10. The number of fused-ring (bicyclic) bond motifs is 1. The largest absolute Gasteiger partial charge is 0.508 e. The Balaban J connectivity index is 1.94. The third-order valence-corrected chi connectivity index (χ3v) is 3.72. The zero-order valence-corrected chi connectivity index (χ0v) is 10.9. The molecule has 0 radical (unpaired) electrons. The number of phenolic OH excluding ortho intramolecular Hbond substituents is 1. The molecule has 0 saturated heterocycles. The van der Waals surface area contributed by atoms with Gasteiger partial charge in [-0.2, -0.15) is 0 Å². The monoisotopic (exact) mass is 275 g/mol. The number of hydrogen-bond donors (Lipinski definition) is 2. The molecule has 20 heavy (non-hydrogen) atoms. The van der Waals surface area contributed by atoms with Crippen molar-refractivity contribution in [2.45, 2.75) is 25.3 Å². The minimum Gasteiger partial charge on any atom is -0.508 e. The maximum Gasteiger partial charge on any atom is 0.149 e. The second kappa shape index (κ2) is 5.12. The van der Waals surface area contributed by atoms with Gasteiger partial charge in [-0.25, -0.2) is 8.78 Å². The number of hydrogen-bond acceptors (Lipinski definition) is 2. The number of aryl methyl sites for hydroxylation is 1. The summed E-state index contributed by atoms with van der Waals surface area (Å²) in [5.74, 6) is -0.951. The SMILES string of the molecule is Oc1ccc2c(c1)CCCC2Nc1c(F)cccc1F. The van der Waals surface area contributed by atoms with Crippen LogP contribution in [-0.2, 0) is 6.42 Å². The Bertz CT molecular complexity index is 622. The van der Waals surface area contributed by atoms with E-state index < -0.39 is 11.6 Å².